The summed E-state index contributed by atoms with van der Waals surface area (Å²) in [5.74, 6) is 1.15. The zero-order valence-corrected chi connectivity index (χ0v) is 14.3. The van der Waals surface area contributed by atoms with Crippen LogP contribution in [-0.4, -0.2) is 29.1 Å². The molecule has 0 atom stereocenters. The third-order valence-electron chi connectivity index (χ3n) is 3.73. The average molecular weight is 353 g/mol. The van der Waals surface area contributed by atoms with Crippen molar-refractivity contribution < 1.29 is 14.3 Å². The number of carbonyl (C=O) groups excluding carboxylic acids is 1. The molecule has 0 radical (unpaired) electrons. The maximum absolute atomic E-state index is 12.6. The highest BCUT2D eigenvalue weighted by Crippen LogP contribution is 2.33. The van der Waals surface area contributed by atoms with Crippen LogP contribution in [0.15, 0.2) is 42.7 Å². The van der Waals surface area contributed by atoms with Crippen molar-refractivity contribution in [3.8, 4) is 22.1 Å². The summed E-state index contributed by atoms with van der Waals surface area (Å²) in [5, 5.41) is 3.70. The molecule has 1 aliphatic rings. The van der Waals surface area contributed by atoms with Gasteiger partial charge >= 0.3 is 0 Å². The number of rotatable bonds is 3. The van der Waals surface area contributed by atoms with Gasteiger partial charge in [-0.3, -0.25) is 9.78 Å². The van der Waals surface area contributed by atoms with Crippen molar-refractivity contribution in [3.63, 3.8) is 0 Å². The fourth-order valence-electron chi connectivity index (χ4n) is 2.53. The zero-order valence-electron chi connectivity index (χ0n) is 13.5. The van der Waals surface area contributed by atoms with Crippen LogP contribution in [0.5, 0.6) is 11.5 Å². The molecule has 0 unspecified atom stereocenters. The molecule has 4 rings (SSSR count). The van der Waals surface area contributed by atoms with Gasteiger partial charge in [-0.15, -0.1) is 11.3 Å². The lowest BCUT2D eigenvalue weighted by Gasteiger charge is -2.18. The van der Waals surface area contributed by atoms with Gasteiger partial charge < -0.3 is 14.8 Å². The molecule has 126 valence electrons. The lowest BCUT2D eigenvalue weighted by Crippen LogP contribution is -2.16. The second-order valence-corrected chi connectivity index (χ2v) is 6.48. The lowest BCUT2D eigenvalue weighted by molar-refractivity contribution is 0.102. The van der Waals surface area contributed by atoms with Crippen LogP contribution in [0.4, 0.5) is 5.69 Å². The van der Waals surface area contributed by atoms with Gasteiger partial charge in [-0.2, -0.15) is 0 Å². The zero-order chi connectivity index (χ0) is 17.2. The van der Waals surface area contributed by atoms with E-state index in [4.69, 9.17) is 9.47 Å². The third-order valence-corrected chi connectivity index (χ3v) is 4.94. The molecule has 2 aromatic heterocycles. The Bertz CT molecular complexity index is 925. The Balaban J connectivity index is 1.56. The van der Waals surface area contributed by atoms with Crippen molar-refractivity contribution in [2.75, 3.05) is 18.5 Å². The second-order valence-electron chi connectivity index (χ2n) is 5.48. The van der Waals surface area contributed by atoms with Crippen LogP contribution in [-0.2, 0) is 0 Å². The maximum Gasteiger partial charge on any atom is 0.267 e. The van der Waals surface area contributed by atoms with E-state index in [0.717, 1.165) is 10.6 Å². The molecule has 6 nitrogen and oxygen atoms in total. The Morgan fingerprint density at radius 3 is 2.68 bits per heavy atom. The minimum Gasteiger partial charge on any atom is -0.486 e. The monoisotopic (exact) mass is 353 g/mol. The van der Waals surface area contributed by atoms with Crippen molar-refractivity contribution in [2.45, 2.75) is 6.92 Å². The molecule has 0 spiro atoms. The minimum atomic E-state index is -0.188. The number of hydrogen-bond acceptors (Lipinski definition) is 6. The Morgan fingerprint density at radius 1 is 1.12 bits per heavy atom. The molecular formula is C18H15N3O3S. The average Bonchev–Trinajstić information content (AvgIpc) is 3.04. The van der Waals surface area contributed by atoms with Crippen molar-refractivity contribution in [3.05, 3.63) is 53.3 Å². The predicted molar refractivity (Wildman–Crippen MR) is 95.5 cm³/mol. The number of thiazole rings is 1. The van der Waals surface area contributed by atoms with E-state index in [0.29, 0.717) is 41.0 Å². The van der Waals surface area contributed by atoms with Gasteiger partial charge in [0.1, 0.15) is 23.1 Å². The van der Waals surface area contributed by atoms with Crippen molar-refractivity contribution in [1.29, 1.82) is 0 Å². The van der Waals surface area contributed by atoms with Gasteiger partial charge in [0, 0.05) is 29.7 Å². The molecule has 1 aliphatic heterocycles. The topological polar surface area (TPSA) is 73.3 Å². The first-order valence-corrected chi connectivity index (χ1v) is 8.61. The van der Waals surface area contributed by atoms with Crippen LogP contribution in [0.3, 0.4) is 0 Å². The number of fused-ring (bicyclic) bond motifs is 1. The van der Waals surface area contributed by atoms with Crippen LogP contribution in [0, 0.1) is 6.92 Å². The number of aryl methyl sites for hydroxylation is 1. The minimum absolute atomic E-state index is 0.188. The van der Waals surface area contributed by atoms with Gasteiger partial charge in [0.15, 0.2) is 11.5 Å². The standard InChI is InChI=1S/C18H15N3O3S/c1-11-16(25-18(20-11)12-4-6-19-7-5-12)17(22)21-13-2-3-14-15(10-13)24-9-8-23-14/h2-7,10H,8-9H2,1H3,(H,21,22). The van der Waals surface area contributed by atoms with Crippen LogP contribution in [0.1, 0.15) is 15.4 Å². The number of carbonyl (C=O) groups is 1. The van der Waals surface area contributed by atoms with Crippen LogP contribution in [0.25, 0.3) is 10.6 Å². The fraction of sp³-hybridized carbons (Fsp3) is 0.167. The van der Waals surface area contributed by atoms with Crippen LogP contribution < -0.4 is 14.8 Å². The number of benzene rings is 1. The number of amides is 1. The first-order valence-electron chi connectivity index (χ1n) is 7.79. The summed E-state index contributed by atoms with van der Waals surface area (Å²) in [4.78, 5) is 21.7. The molecule has 25 heavy (non-hydrogen) atoms. The van der Waals surface area contributed by atoms with Crippen molar-refractivity contribution >= 4 is 22.9 Å². The number of aromatic nitrogens is 2. The summed E-state index contributed by atoms with van der Waals surface area (Å²) >= 11 is 1.36. The third kappa shape index (κ3) is 3.18. The van der Waals surface area contributed by atoms with Gasteiger partial charge in [-0.05, 0) is 31.2 Å². The molecule has 0 aliphatic carbocycles. The Morgan fingerprint density at radius 2 is 1.88 bits per heavy atom. The summed E-state index contributed by atoms with van der Waals surface area (Å²) in [6, 6.07) is 9.12. The second kappa shape index (κ2) is 6.52. The predicted octanol–water partition coefficient (Wildman–Crippen LogP) is 3.54. The number of ether oxygens (including phenoxy) is 2. The number of nitrogens with zero attached hydrogens (tertiary/aromatic N) is 2. The smallest absolute Gasteiger partial charge is 0.267 e. The van der Waals surface area contributed by atoms with Gasteiger partial charge in [-0.25, -0.2) is 4.98 Å². The fourth-order valence-corrected chi connectivity index (χ4v) is 3.50. The van der Waals surface area contributed by atoms with Gasteiger partial charge in [0.05, 0.1) is 5.69 Å². The molecule has 0 bridgehead atoms. The highest BCUT2D eigenvalue weighted by atomic mass is 32.1. The SMILES string of the molecule is Cc1nc(-c2ccncc2)sc1C(=O)Nc1ccc2c(c1)OCCO2. The first kappa shape index (κ1) is 15.6. The Labute approximate surface area is 148 Å². The quantitative estimate of drug-likeness (QED) is 0.780. The van der Waals surface area contributed by atoms with E-state index in [2.05, 4.69) is 15.3 Å². The first-order chi connectivity index (χ1) is 12.2. The molecule has 3 aromatic rings. The van der Waals surface area contributed by atoms with Gasteiger partial charge in [0.25, 0.3) is 5.91 Å². The lowest BCUT2D eigenvalue weighted by atomic mass is 10.2. The molecule has 3 heterocycles. The van der Waals surface area contributed by atoms with E-state index >= 15 is 0 Å². The summed E-state index contributed by atoms with van der Waals surface area (Å²) in [7, 11) is 0. The van der Waals surface area contributed by atoms with Crippen molar-refractivity contribution in [1.82, 2.24) is 9.97 Å². The van der Waals surface area contributed by atoms with Gasteiger partial charge in [0.2, 0.25) is 0 Å². The maximum atomic E-state index is 12.6. The molecule has 1 aromatic carbocycles. The summed E-state index contributed by atoms with van der Waals surface area (Å²) in [6.45, 7) is 2.88. The summed E-state index contributed by atoms with van der Waals surface area (Å²) in [6.07, 6.45) is 3.42. The molecular weight excluding hydrogens is 338 g/mol. The number of nitrogens with one attached hydrogen (secondary N) is 1. The Hall–Kier alpha value is -2.93. The molecule has 0 fully saturated rings. The number of hydrogen-bond donors (Lipinski definition) is 1. The Kier molecular flexibility index (Phi) is 4.07. The van der Waals surface area contributed by atoms with Crippen LogP contribution in [0.2, 0.25) is 0 Å². The normalized spacial score (nSPS) is 12.7. The van der Waals surface area contributed by atoms with E-state index in [1.165, 1.54) is 11.3 Å². The largest absolute Gasteiger partial charge is 0.486 e. The number of anilines is 1. The molecule has 7 heteroatoms. The van der Waals surface area contributed by atoms with E-state index < -0.39 is 0 Å². The number of pyridine rings is 1. The molecule has 0 saturated heterocycles. The molecule has 0 saturated carbocycles. The van der Waals surface area contributed by atoms with E-state index in [9.17, 15) is 4.79 Å². The summed E-state index contributed by atoms with van der Waals surface area (Å²) in [5.41, 5.74) is 2.31. The molecule has 1 amide bonds. The van der Waals surface area contributed by atoms with Gasteiger partial charge in [-0.1, -0.05) is 0 Å². The molecule has 1 N–H and O–H groups in total. The van der Waals surface area contributed by atoms with E-state index in [1.807, 2.05) is 19.1 Å². The van der Waals surface area contributed by atoms with E-state index in [-0.39, 0.29) is 5.91 Å². The van der Waals surface area contributed by atoms with Crippen LogP contribution >= 0.6 is 11.3 Å². The van der Waals surface area contributed by atoms with E-state index in [1.54, 1.807) is 30.6 Å². The van der Waals surface area contributed by atoms with Crippen molar-refractivity contribution in [2.24, 2.45) is 0 Å². The summed E-state index contributed by atoms with van der Waals surface area (Å²) < 4.78 is 11.0. The highest BCUT2D eigenvalue weighted by molar-refractivity contribution is 7.17. The highest BCUT2D eigenvalue weighted by Gasteiger charge is 2.18.